The summed E-state index contributed by atoms with van der Waals surface area (Å²) in [7, 11) is -2.50. The summed E-state index contributed by atoms with van der Waals surface area (Å²) in [5.41, 5.74) is 0.850. The lowest BCUT2D eigenvalue weighted by Crippen LogP contribution is -2.41. The van der Waals surface area contributed by atoms with Crippen molar-refractivity contribution in [3.63, 3.8) is 0 Å². The fourth-order valence-corrected chi connectivity index (χ4v) is 5.82. The Morgan fingerprint density at radius 1 is 1.18 bits per heavy atom. The number of halogens is 1. The second kappa shape index (κ2) is 10.8. The van der Waals surface area contributed by atoms with E-state index < -0.39 is 10.0 Å². The van der Waals surface area contributed by atoms with Crippen molar-refractivity contribution < 1.29 is 31.8 Å². The fraction of sp³-hybridized carbons (Fsp3) is 0.458. The van der Waals surface area contributed by atoms with Crippen molar-refractivity contribution in [2.45, 2.75) is 30.4 Å². The minimum Gasteiger partial charge on any atom is -0.495 e. The third-order valence-electron chi connectivity index (χ3n) is 6.00. The van der Waals surface area contributed by atoms with Gasteiger partial charge in [-0.25, -0.2) is 12.8 Å². The fourth-order valence-electron chi connectivity index (χ4n) is 4.23. The minimum absolute atomic E-state index is 0.0643. The smallest absolute Gasteiger partial charge is 0.254 e. The summed E-state index contributed by atoms with van der Waals surface area (Å²) in [5.74, 6) is -0.579. The molecule has 0 aliphatic carbocycles. The van der Waals surface area contributed by atoms with Gasteiger partial charge < -0.3 is 19.1 Å². The van der Waals surface area contributed by atoms with Gasteiger partial charge >= 0.3 is 0 Å². The van der Waals surface area contributed by atoms with E-state index in [1.54, 1.807) is 23.1 Å². The van der Waals surface area contributed by atoms with Crippen LogP contribution in [0, 0.1) is 5.82 Å². The Kier molecular flexibility index (Phi) is 7.82. The van der Waals surface area contributed by atoms with Crippen molar-refractivity contribution in [1.82, 2.24) is 9.21 Å². The molecule has 184 valence electrons. The average molecular weight is 493 g/mol. The quantitative estimate of drug-likeness (QED) is 0.563. The highest BCUT2D eigenvalue weighted by Crippen LogP contribution is 2.29. The van der Waals surface area contributed by atoms with Gasteiger partial charge in [0.05, 0.1) is 26.4 Å². The van der Waals surface area contributed by atoms with E-state index in [1.165, 1.54) is 35.7 Å². The number of carbonyl (C=O) groups excluding carboxylic acids is 1. The number of carbonyl (C=O) groups is 1. The molecule has 4 rings (SSSR count). The van der Waals surface area contributed by atoms with Crippen molar-refractivity contribution in [2.24, 2.45) is 0 Å². The number of nitrogens with zero attached hydrogens (tertiary/aromatic N) is 2. The van der Waals surface area contributed by atoms with Gasteiger partial charge in [-0.05, 0) is 48.7 Å². The zero-order chi connectivity index (χ0) is 24.1. The molecular formula is C24H29FN2O6S. The summed E-state index contributed by atoms with van der Waals surface area (Å²) in [6, 6.07) is 10.5. The molecule has 10 heteroatoms. The molecule has 2 fully saturated rings. The van der Waals surface area contributed by atoms with Gasteiger partial charge in [0.1, 0.15) is 16.5 Å². The first-order valence-electron chi connectivity index (χ1n) is 11.3. The van der Waals surface area contributed by atoms with Crippen LogP contribution in [0.5, 0.6) is 5.75 Å². The molecule has 8 nitrogen and oxygen atoms in total. The average Bonchev–Trinajstić information content (AvgIpc) is 3.36. The molecule has 0 spiro atoms. The zero-order valence-electron chi connectivity index (χ0n) is 19.1. The Hall–Kier alpha value is -2.53. The SMILES string of the molecule is COc1ccc(C(=O)N(Cc2cccc(F)c2)CC2CCCO2)cc1S(=O)(=O)N1CCOCC1. The first-order chi connectivity index (χ1) is 16.4. The number of rotatable bonds is 8. The van der Waals surface area contributed by atoms with Crippen molar-refractivity contribution in [3.05, 3.63) is 59.4 Å². The van der Waals surface area contributed by atoms with Crippen LogP contribution < -0.4 is 4.74 Å². The van der Waals surface area contributed by atoms with Crippen LogP contribution in [-0.2, 0) is 26.0 Å². The second-order valence-electron chi connectivity index (χ2n) is 8.33. The van der Waals surface area contributed by atoms with Crippen molar-refractivity contribution in [2.75, 3.05) is 46.6 Å². The number of morpholine rings is 1. The monoisotopic (exact) mass is 492 g/mol. The number of methoxy groups -OCH3 is 1. The molecule has 0 aromatic heterocycles. The third kappa shape index (κ3) is 5.57. The zero-order valence-corrected chi connectivity index (χ0v) is 19.9. The molecule has 2 saturated heterocycles. The largest absolute Gasteiger partial charge is 0.495 e. The van der Waals surface area contributed by atoms with Gasteiger partial charge in [0, 0.05) is 38.3 Å². The molecule has 0 N–H and O–H groups in total. The van der Waals surface area contributed by atoms with Crippen LogP contribution in [0.2, 0.25) is 0 Å². The summed E-state index contributed by atoms with van der Waals surface area (Å²) in [6.45, 7) is 2.22. The first-order valence-corrected chi connectivity index (χ1v) is 12.7. The second-order valence-corrected chi connectivity index (χ2v) is 10.2. The highest BCUT2D eigenvalue weighted by molar-refractivity contribution is 7.89. The van der Waals surface area contributed by atoms with E-state index in [4.69, 9.17) is 14.2 Å². The highest BCUT2D eigenvalue weighted by Gasteiger charge is 2.31. The Labute approximate surface area is 199 Å². The van der Waals surface area contributed by atoms with Gasteiger partial charge in [0.25, 0.3) is 5.91 Å². The van der Waals surface area contributed by atoms with Crippen LogP contribution >= 0.6 is 0 Å². The molecule has 2 aliphatic heterocycles. The Balaban J connectivity index is 1.65. The normalized spacial score (nSPS) is 19.2. The van der Waals surface area contributed by atoms with Crippen LogP contribution in [0.3, 0.4) is 0 Å². The molecule has 1 unspecified atom stereocenters. The predicted octanol–water partition coefficient (Wildman–Crippen LogP) is 2.68. The lowest BCUT2D eigenvalue weighted by atomic mass is 10.1. The van der Waals surface area contributed by atoms with Gasteiger partial charge in [0.15, 0.2) is 0 Å². The van der Waals surface area contributed by atoms with Crippen LogP contribution in [0.15, 0.2) is 47.4 Å². The van der Waals surface area contributed by atoms with E-state index in [1.807, 2.05) is 0 Å². The molecular weight excluding hydrogens is 463 g/mol. The van der Waals surface area contributed by atoms with E-state index in [-0.39, 0.29) is 53.7 Å². The van der Waals surface area contributed by atoms with Crippen molar-refractivity contribution in [3.8, 4) is 5.75 Å². The molecule has 2 aromatic carbocycles. The van der Waals surface area contributed by atoms with E-state index in [2.05, 4.69) is 0 Å². The molecule has 2 aromatic rings. The van der Waals surface area contributed by atoms with Crippen LogP contribution in [0.1, 0.15) is 28.8 Å². The lowest BCUT2D eigenvalue weighted by molar-refractivity contribution is 0.0506. The molecule has 0 radical (unpaired) electrons. The third-order valence-corrected chi connectivity index (χ3v) is 7.92. The number of amides is 1. The molecule has 2 aliphatic rings. The summed E-state index contributed by atoms with van der Waals surface area (Å²) in [5, 5.41) is 0. The van der Waals surface area contributed by atoms with Crippen molar-refractivity contribution in [1.29, 1.82) is 0 Å². The van der Waals surface area contributed by atoms with Gasteiger partial charge in [-0.3, -0.25) is 4.79 Å². The van der Waals surface area contributed by atoms with Crippen LogP contribution in [0.25, 0.3) is 0 Å². The number of sulfonamides is 1. The molecule has 2 heterocycles. The molecule has 1 atom stereocenters. The summed E-state index contributed by atoms with van der Waals surface area (Å²) in [6.07, 6.45) is 1.62. The maximum Gasteiger partial charge on any atom is 0.254 e. The van der Waals surface area contributed by atoms with Gasteiger partial charge in [-0.1, -0.05) is 12.1 Å². The number of ether oxygens (including phenoxy) is 3. The van der Waals surface area contributed by atoms with E-state index in [0.29, 0.717) is 31.9 Å². The van der Waals surface area contributed by atoms with Gasteiger partial charge in [-0.15, -0.1) is 0 Å². The highest BCUT2D eigenvalue weighted by atomic mass is 32.2. The predicted molar refractivity (Wildman–Crippen MR) is 123 cm³/mol. The Morgan fingerprint density at radius 3 is 2.65 bits per heavy atom. The summed E-state index contributed by atoms with van der Waals surface area (Å²) in [4.78, 5) is 15.1. The topological polar surface area (TPSA) is 85.4 Å². The summed E-state index contributed by atoms with van der Waals surface area (Å²) >= 11 is 0. The molecule has 1 amide bonds. The minimum atomic E-state index is -3.89. The van der Waals surface area contributed by atoms with Gasteiger partial charge in [-0.2, -0.15) is 4.31 Å². The van der Waals surface area contributed by atoms with Gasteiger partial charge in [0.2, 0.25) is 10.0 Å². The van der Waals surface area contributed by atoms with E-state index in [9.17, 15) is 17.6 Å². The van der Waals surface area contributed by atoms with E-state index >= 15 is 0 Å². The summed E-state index contributed by atoms with van der Waals surface area (Å²) < 4.78 is 58.1. The standard InChI is InChI=1S/C24H29FN2O6S/c1-31-22-8-7-19(15-23(22)34(29,30)27-9-12-32-13-10-27)24(28)26(17-21-6-3-11-33-21)16-18-4-2-5-20(25)14-18/h2,4-5,7-8,14-15,21H,3,6,9-13,16-17H2,1H3. The molecule has 0 bridgehead atoms. The van der Waals surface area contributed by atoms with E-state index in [0.717, 1.165) is 12.8 Å². The Morgan fingerprint density at radius 2 is 1.97 bits per heavy atom. The number of hydrogen-bond donors (Lipinski definition) is 0. The van der Waals surface area contributed by atoms with Crippen LogP contribution in [0.4, 0.5) is 4.39 Å². The van der Waals surface area contributed by atoms with Crippen LogP contribution in [-0.4, -0.2) is 76.2 Å². The first kappa shape index (κ1) is 24.6. The van der Waals surface area contributed by atoms with Crippen molar-refractivity contribution >= 4 is 15.9 Å². The molecule has 0 saturated carbocycles. The maximum atomic E-state index is 13.8. The number of hydrogen-bond acceptors (Lipinski definition) is 6. The number of benzene rings is 2. The Bertz CT molecular complexity index is 1110. The lowest BCUT2D eigenvalue weighted by Gasteiger charge is -2.28. The molecule has 34 heavy (non-hydrogen) atoms. The maximum absolute atomic E-state index is 13.8.